The van der Waals surface area contributed by atoms with Gasteiger partial charge in [-0.25, -0.2) is 5.43 Å². The zero-order valence-corrected chi connectivity index (χ0v) is 22.2. The number of ether oxygens (including phenoxy) is 2. The van der Waals surface area contributed by atoms with Crippen molar-refractivity contribution in [1.29, 1.82) is 0 Å². The van der Waals surface area contributed by atoms with Crippen LogP contribution < -0.4 is 20.2 Å². The molecule has 0 bridgehead atoms. The number of benzene rings is 2. The van der Waals surface area contributed by atoms with Gasteiger partial charge in [-0.1, -0.05) is 32.4 Å². The van der Waals surface area contributed by atoms with Crippen LogP contribution in [0.15, 0.2) is 46.0 Å². The van der Waals surface area contributed by atoms with E-state index in [1.807, 2.05) is 33.8 Å². The number of hydrogen-bond donors (Lipinski definition) is 2. The summed E-state index contributed by atoms with van der Waals surface area (Å²) in [5.74, 6) is 0.650. The molecule has 2 N–H and O–H groups in total. The molecule has 2 aromatic rings. The molecule has 2 amide bonds. The zero-order valence-electron chi connectivity index (χ0n) is 19.9. The highest BCUT2D eigenvalue weighted by Gasteiger charge is 2.22. The number of amides is 2. The Bertz CT molecular complexity index is 996. The van der Waals surface area contributed by atoms with E-state index in [0.29, 0.717) is 47.3 Å². The molecular formula is C25H31BrClN3O4. The van der Waals surface area contributed by atoms with Crippen LogP contribution in [0.4, 0.5) is 0 Å². The molecule has 1 atom stereocenters. The van der Waals surface area contributed by atoms with Gasteiger partial charge in [-0.2, -0.15) is 5.10 Å². The highest BCUT2D eigenvalue weighted by molar-refractivity contribution is 9.10. The second-order valence-electron chi connectivity index (χ2n) is 8.01. The van der Waals surface area contributed by atoms with E-state index in [-0.39, 0.29) is 11.8 Å². The van der Waals surface area contributed by atoms with E-state index in [1.54, 1.807) is 30.3 Å². The molecule has 0 heterocycles. The molecule has 0 aliphatic heterocycles. The summed E-state index contributed by atoms with van der Waals surface area (Å²) in [5, 5.41) is 7.40. The quantitative estimate of drug-likeness (QED) is 0.266. The van der Waals surface area contributed by atoms with Crippen molar-refractivity contribution in [2.45, 2.75) is 46.6 Å². The SMILES string of the molecule is CCCOc1c(Br)cc(C=NNC(=O)C(CC(C)C)NC(=O)c2ccc(Cl)cc2)cc1OCC. The summed E-state index contributed by atoms with van der Waals surface area (Å²) in [6.07, 6.45) is 2.85. The second kappa shape index (κ2) is 14.0. The lowest BCUT2D eigenvalue weighted by atomic mass is 10.0. The van der Waals surface area contributed by atoms with Gasteiger partial charge in [0.05, 0.1) is 23.9 Å². The largest absolute Gasteiger partial charge is 0.490 e. The van der Waals surface area contributed by atoms with E-state index in [9.17, 15) is 9.59 Å². The fourth-order valence-corrected chi connectivity index (χ4v) is 3.76. The van der Waals surface area contributed by atoms with Crippen molar-refractivity contribution in [2.24, 2.45) is 11.0 Å². The van der Waals surface area contributed by atoms with Crippen LogP contribution in [0, 0.1) is 5.92 Å². The smallest absolute Gasteiger partial charge is 0.262 e. The van der Waals surface area contributed by atoms with Crippen molar-refractivity contribution in [3.63, 3.8) is 0 Å². The number of carbonyl (C=O) groups is 2. The molecule has 0 aromatic heterocycles. The minimum atomic E-state index is -0.740. The van der Waals surface area contributed by atoms with Gasteiger partial charge in [0, 0.05) is 10.6 Å². The third-order valence-electron chi connectivity index (χ3n) is 4.61. The van der Waals surface area contributed by atoms with Gasteiger partial charge in [0.1, 0.15) is 6.04 Å². The molecule has 1 unspecified atom stereocenters. The molecule has 2 aromatic carbocycles. The van der Waals surface area contributed by atoms with Crippen molar-refractivity contribution < 1.29 is 19.1 Å². The van der Waals surface area contributed by atoms with E-state index in [0.717, 1.165) is 10.9 Å². The minimum Gasteiger partial charge on any atom is -0.490 e. The monoisotopic (exact) mass is 551 g/mol. The van der Waals surface area contributed by atoms with Crippen LogP contribution in [-0.2, 0) is 4.79 Å². The fourth-order valence-electron chi connectivity index (χ4n) is 3.06. The van der Waals surface area contributed by atoms with E-state index < -0.39 is 11.9 Å². The lowest BCUT2D eigenvalue weighted by Crippen LogP contribution is -2.46. The maximum Gasteiger partial charge on any atom is 0.262 e. The van der Waals surface area contributed by atoms with Crippen molar-refractivity contribution >= 4 is 45.6 Å². The van der Waals surface area contributed by atoms with E-state index >= 15 is 0 Å². The number of hydrazone groups is 1. The Morgan fingerprint density at radius 1 is 1.15 bits per heavy atom. The number of carbonyl (C=O) groups excluding carboxylic acids is 2. The molecule has 184 valence electrons. The van der Waals surface area contributed by atoms with Gasteiger partial charge in [-0.05, 0) is 83.6 Å². The average molecular weight is 553 g/mol. The molecule has 7 nitrogen and oxygen atoms in total. The number of nitrogens with zero attached hydrogens (tertiary/aromatic N) is 1. The Balaban J connectivity index is 2.11. The summed E-state index contributed by atoms with van der Waals surface area (Å²) in [6, 6.07) is 9.37. The van der Waals surface area contributed by atoms with Crippen LogP contribution in [0.1, 0.15) is 56.5 Å². The van der Waals surface area contributed by atoms with Gasteiger partial charge in [0.2, 0.25) is 0 Å². The third-order valence-corrected chi connectivity index (χ3v) is 5.45. The molecular weight excluding hydrogens is 522 g/mol. The van der Waals surface area contributed by atoms with Crippen LogP contribution in [0.3, 0.4) is 0 Å². The van der Waals surface area contributed by atoms with Crippen molar-refractivity contribution in [1.82, 2.24) is 10.7 Å². The predicted octanol–water partition coefficient (Wildman–Crippen LogP) is 5.58. The van der Waals surface area contributed by atoms with Crippen molar-refractivity contribution in [3.05, 3.63) is 57.0 Å². The number of nitrogens with one attached hydrogen (secondary N) is 2. The van der Waals surface area contributed by atoms with Crippen LogP contribution in [0.2, 0.25) is 5.02 Å². The summed E-state index contributed by atoms with van der Waals surface area (Å²) < 4.78 is 12.2. The highest BCUT2D eigenvalue weighted by Crippen LogP contribution is 2.36. The highest BCUT2D eigenvalue weighted by atomic mass is 79.9. The summed E-state index contributed by atoms with van der Waals surface area (Å²) >= 11 is 9.40. The third kappa shape index (κ3) is 8.65. The number of halogens is 2. The van der Waals surface area contributed by atoms with Gasteiger partial charge < -0.3 is 14.8 Å². The Hall–Kier alpha value is -2.58. The van der Waals surface area contributed by atoms with Crippen molar-refractivity contribution in [2.75, 3.05) is 13.2 Å². The second-order valence-corrected chi connectivity index (χ2v) is 9.30. The fraction of sp³-hybridized carbons (Fsp3) is 0.400. The first-order valence-electron chi connectivity index (χ1n) is 11.2. The minimum absolute atomic E-state index is 0.186. The van der Waals surface area contributed by atoms with Gasteiger partial charge in [0.25, 0.3) is 11.8 Å². The molecule has 0 aliphatic carbocycles. The average Bonchev–Trinajstić information content (AvgIpc) is 2.78. The molecule has 0 radical (unpaired) electrons. The van der Waals surface area contributed by atoms with Crippen molar-refractivity contribution in [3.8, 4) is 11.5 Å². The first kappa shape index (κ1) is 27.7. The van der Waals surface area contributed by atoms with Gasteiger partial charge in [-0.3, -0.25) is 9.59 Å². The first-order valence-corrected chi connectivity index (χ1v) is 12.4. The zero-order chi connectivity index (χ0) is 25.1. The van der Waals surface area contributed by atoms with Gasteiger partial charge in [-0.15, -0.1) is 0 Å². The molecule has 2 rings (SSSR count). The molecule has 0 fully saturated rings. The standard InChI is InChI=1S/C25H31BrClN3O4/c1-5-11-34-23-20(26)13-17(14-22(23)33-6-2)15-28-30-25(32)21(12-16(3)4)29-24(31)18-7-9-19(27)10-8-18/h7-10,13-16,21H,5-6,11-12H2,1-4H3,(H,29,31)(H,30,32). The maximum atomic E-state index is 12.8. The predicted molar refractivity (Wildman–Crippen MR) is 139 cm³/mol. The summed E-state index contributed by atoms with van der Waals surface area (Å²) in [6.45, 7) is 8.94. The Kier molecular flexibility index (Phi) is 11.4. The molecule has 0 saturated heterocycles. The first-order chi connectivity index (χ1) is 16.2. The summed E-state index contributed by atoms with van der Waals surface area (Å²) in [4.78, 5) is 25.4. The Morgan fingerprint density at radius 3 is 2.47 bits per heavy atom. The lowest BCUT2D eigenvalue weighted by molar-refractivity contribution is -0.123. The molecule has 0 spiro atoms. The summed E-state index contributed by atoms with van der Waals surface area (Å²) in [5.41, 5.74) is 3.67. The van der Waals surface area contributed by atoms with Crippen LogP contribution in [0.5, 0.6) is 11.5 Å². The molecule has 0 saturated carbocycles. The van der Waals surface area contributed by atoms with Crippen LogP contribution in [-0.4, -0.2) is 37.3 Å². The molecule has 34 heavy (non-hydrogen) atoms. The van der Waals surface area contributed by atoms with E-state index in [4.69, 9.17) is 21.1 Å². The molecule has 9 heteroatoms. The normalized spacial score (nSPS) is 12.0. The summed E-state index contributed by atoms with van der Waals surface area (Å²) in [7, 11) is 0. The number of hydrogen-bond acceptors (Lipinski definition) is 5. The van der Waals surface area contributed by atoms with Gasteiger partial charge >= 0.3 is 0 Å². The van der Waals surface area contributed by atoms with E-state index in [1.165, 1.54) is 6.21 Å². The Morgan fingerprint density at radius 2 is 1.85 bits per heavy atom. The molecule has 0 aliphatic rings. The lowest BCUT2D eigenvalue weighted by Gasteiger charge is -2.19. The topological polar surface area (TPSA) is 89.0 Å². The maximum absolute atomic E-state index is 12.8. The van der Waals surface area contributed by atoms with Crippen LogP contribution >= 0.6 is 27.5 Å². The van der Waals surface area contributed by atoms with Gasteiger partial charge in [0.15, 0.2) is 11.5 Å². The van der Waals surface area contributed by atoms with E-state index in [2.05, 4.69) is 31.8 Å². The Labute approximate surface area is 214 Å². The number of rotatable bonds is 12. The van der Waals surface area contributed by atoms with Crippen LogP contribution in [0.25, 0.3) is 0 Å².